The third-order valence-electron chi connectivity index (χ3n) is 3.62. The molecule has 1 saturated carbocycles. The lowest BCUT2D eigenvalue weighted by Gasteiger charge is -2.36. The molecular formula is C14H16Cl3NO. The van der Waals surface area contributed by atoms with E-state index in [1.165, 1.54) is 6.42 Å². The van der Waals surface area contributed by atoms with Crippen LogP contribution in [-0.2, 0) is 0 Å². The molecule has 0 bridgehead atoms. The van der Waals surface area contributed by atoms with Crippen molar-refractivity contribution in [2.75, 3.05) is 5.88 Å². The average Bonchev–Trinajstić information content (AvgIpc) is 2.42. The van der Waals surface area contributed by atoms with Crippen molar-refractivity contribution in [2.45, 2.75) is 37.6 Å². The number of carbonyl (C=O) groups excluding carboxylic acids is 1. The summed E-state index contributed by atoms with van der Waals surface area (Å²) in [6.45, 7) is 0. The van der Waals surface area contributed by atoms with Gasteiger partial charge in [-0.15, -0.1) is 11.6 Å². The van der Waals surface area contributed by atoms with Gasteiger partial charge in [-0.05, 0) is 31.0 Å². The molecule has 1 amide bonds. The van der Waals surface area contributed by atoms with E-state index in [1.807, 2.05) is 0 Å². The smallest absolute Gasteiger partial charge is 0.253 e. The molecular weight excluding hydrogens is 305 g/mol. The van der Waals surface area contributed by atoms with Gasteiger partial charge in [-0.3, -0.25) is 4.79 Å². The fourth-order valence-corrected chi connectivity index (χ4v) is 3.21. The number of nitrogens with one attached hydrogen (secondary N) is 1. The molecule has 1 aromatic rings. The van der Waals surface area contributed by atoms with E-state index in [4.69, 9.17) is 34.8 Å². The number of alkyl halides is 1. The number of benzene rings is 1. The molecule has 0 spiro atoms. The molecule has 1 N–H and O–H groups in total. The highest BCUT2D eigenvalue weighted by atomic mass is 35.5. The van der Waals surface area contributed by atoms with Crippen molar-refractivity contribution in [3.63, 3.8) is 0 Å². The van der Waals surface area contributed by atoms with Gasteiger partial charge in [-0.2, -0.15) is 0 Å². The third kappa shape index (κ3) is 3.56. The Balaban J connectivity index is 2.17. The topological polar surface area (TPSA) is 29.1 Å². The minimum Gasteiger partial charge on any atom is -0.345 e. The number of halogens is 3. The van der Waals surface area contributed by atoms with E-state index in [0.29, 0.717) is 21.5 Å². The Labute approximate surface area is 128 Å². The van der Waals surface area contributed by atoms with E-state index in [1.54, 1.807) is 18.2 Å². The number of hydrogen-bond donors (Lipinski definition) is 1. The number of amides is 1. The molecule has 0 saturated heterocycles. The minimum atomic E-state index is -0.303. The molecule has 19 heavy (non-hydrogen) atoms. The Kier molecular flexibility index (Phi) is 4.99. The number of carbonyl (C=O) groups is 1. The van der Waals surface area contributed by atoms with Gasteiger partial charge in [-0.1, -0.05) is 42.5 Å². The van der Waals surface area contributed by atoms with Gasteiger partial charge in [-0.25, -0.2) is 0 Å². The lowest BCUT2D eigenvalue weighted by atomic mass is 9.83. The zero-order valence-corrected chi connectivity index (χ0v) is 12.8. The molecule has 0 unspecified atom stereocenters. The maximum atomic E-state index is 12.3. The van der Waals surface area contributed by atoms with Crippen molar-refractivity contribution in [2.24, 2.45) is 0 Å². The van der Waals surface area contributed by atoms with Crippen LogP contribution < -0.4 is 5.32 Å². The van der Waals surface area contributed by atoms with Crippen molar-refractivity contribution >= 4 is 40.7 Å². The van der Waals surface area contributed by atoms with Gasteiger partial charge in [0.2, 0.25) is 0 Å². The predicted octanol–water partition coefficient (Wildman–Crippen LogP) is 4.66. The highest BCUT2D eigenvalue weighted by Gasteiger charge is 2.33. The van der Waals surface area contributed by atoms with Crippen LogP contribution in [0.25, 0.3) is 0 Å². The van der Waals surface area contributed by atoms with Crippen molar-refractivity contribution in [1.29, 1.82) is 0 Å². The summed E-state index contributed by atoms with van der Waals surface area (Å²) >= 11 is 18.0. The highest BCUT2D eigenvalue weighted by molar-refractivity contribution is 6.35. The van der Waals surface area contributed by atoms with E-state index in [0.717, 1.165) is 25.7 Å². The fraction of sp³-hybridized carbons (Fsp3) is 0.500. The molecule has 5 heteroatoms. The van der Waals surface area contributed by atoms with Crippen LogP contribution in [0, 0.1) is 0 Å². The van der Waals surface area contributed by atoms with Crippen LogP contribution in [0.1, 0.15) is 42.5 Å². The van der Waals surface area contributed by atoms with Crippen LogP contribution in [0.15, 0.2) is 18.2 Å². The molecule has 2 rings (SSSR count). The van der Waals surface area contributed by atoms with Crippen LogP contribution in [0.4, 0.5) is 0 Å². The van der Waals surface area contributed by atoms with Crippen molar-refractivity contribution in [3.8, 4) is 0 Å². The molecule has 0 aliphatic heterocycles. The molecule has 104 valence electrons. The highest BCUT2D eigenvalue weighted by Crippen LogP contribution is 2.30. The quantitative estimate of drug-likeness (QED) is 0.806. The second-order valence-corrected chi connectivity index (χ2v) is 6.16. The van der Waals surface area contributed by atoms with E-state index < -0.39 is 0 Å². The zero-order chi connectivity index (χ0) is 13.9. The first kappa shape index (κ1) is 15.0. The first-order valence-corrected chi connectivity index (χ1v) is 7.69. The Morgan fingerprint density at radius 1 is 1.21 bits per heavy atom. The number of hydrogen-bond acceptors (Lipinski definition) is 1. The SMILES string of the molecule is O=C(NC1(CCl)CCCCC1)c1cc(Cl)ccc1Cl. The summed E-state index contributed by atoms with van der Waals surface area (Å²) in [5.41, 5.74) is 0.104. The monoisotopic (exact) mass is 319 g/mol. The van der Waals surface area contributed by atoms with Gasteiger partial charge in [0, 0.05) is 10.9 Å². The van der Waals surface area contributed by atoms with Crippen LogP contribution in [0.5, 0.6) is 0 Å². The normalized spacial score (nSPS) is 18.1. The molecule has 1 fully saturated rings. The summed E-state index contributed by atoms with van der Waals surface area (Å²) in [4.78, 5) is 12.3. The zero-order valence-electron chi connectivity index (χ0n) is 10.5. The Morgan fingerprint density at radius 3 is 2.53 bits per heavy atom. The summed E-state index contributed by atoms with van der Waals surface area (Å²) < 4.78 is 0. The van der Waals surface area contributed by atoms with E-state index >= 15 is 0 Å². The first-order valence-electron chi connectivity index (χ1n) is 6.40. The van der Waals surface area contributed by atoms with Crippen molar-refractivity contribution in [1.82, 2.24) is 5.32 Å². The molecule has 0 aromatic heterocycles. The largest absolute Gasteiger partial charge is 0.345 e. The van der Waals surface area contributed by atoms with Crippen LogP contribution in [0.2, 0.25) is 10.0 Å². The second-order valence-electron chi connectivity index (χ2n) is 5.05. The Hall–Kier alpha value is -0.440. The summed E-state index contributed by atoms with van der Waals surface area (Å²) in [6, 6.07) is 4.88. The maximum Gasteiger partial charge on any atom is 0.253 e. The van der Waals surface area contributed by atoms with E-state index in [9.17, 15) is 4.79 Å². The fourth-order valence-electron chi connectivity index (χ4n) is 2.50. The van der Waals surface area contributed by atoms with Gasteiger partial charge < -0.3 is 5.32 Å². The van der Waals surface area contributed by atoms with Gasteiger partial charge in [0.1, 0.15) is 0 Å². The Bertz CT molecular complexity index is 470. The molecule has 0 heterocycles. The molecule has 1 aliphatic carbocycles. The predicted molar refractivity (Wildman–Crippen MR) is 80.5 cm³/mol. The van der Waals surface area contributed by atoms with Gasteiger partial charge in [0.15, 0.2) is 0 Å². The summed E-state index contributed by atoms with van der Waals surface area (Å²) in [6.07, 6.45) is 5.22. The maximum absolute atomic E-state index is 12.3. The van der Waals surface area contributed by atoms with Gasteiger partial charge in [0.25, 0.3) is 5.91 Å². The molecule has 1 aliphatic rings. The minimum absolute atomic E-state index is 0.199. The standard InChI is InChI=1S/C14H16Cl3NO/c15-9-14(6-2-1-3-7-14)18-13(19)11-8-10(16)4-5-12(11)17/h4-5,8H,1-3,6-7,9H2,(H,18,19). The summed E-state index contributed by atoms with van der Waals surface area (Å²) in [7, 11) is 0. The van der Waals surface area contributed by atoms with Crippen LogP contribution >= 0.6 is 34.8 Å². The average molecular weight is 321 g/mol. The third-order valence-corrected chi connectivity index (χ3v) is 4.69. The molecule has 2 nitrogen and oxygen atoms in total. The summed E-state index contributed by atoms with van der Waals surface area (Å²) in [5, 5.41) is 3.96. The van der Waals surface area contributed by atoms with E-state index in [2.05, 4.69) is 5.32 Å². The lowest BCUT2D eigenvalue weighted by Crippen LogP contribution is -2.51. The molecule has 0 radical (unpaired) electrons. The molecule has 1 aromatic carbocycles. The number of rotatable bonds is 3. The van der Waals surface area contributed by atoms with Crippen LogP contribution in [-0.4, -0.2) is 17.3 Å². The van der Waals surface area contributed by atoms with E-state index in [-0.39, 0.29) is 11.4 Å². The van der Waals surface area contributed by atoms with Crippen LogP contribution in [0.3, 0.4) is 0 Å². The first-order chi connectivity index (χ1) is 9.06. The second kappa shape index (κ2) is 6.34. The van der Waals surface area contributed by atoms with Crippen molar-refractivity contribution in [3.05, 3.63) is 33.8 Å². The van der Waals surface area contributed by atoms with Gasteiger partial charge >= 0.3 is 0 Å². The summed E-state index contributed by atoms with van der Waals surface area (Å²) in [5.74, 6) is 0.228. The van der Waals surface area contributed by atoms with Gasteiger partial charge in [0.05, 0.1) is 16.1 Å². The Morgan fingerprint density at radius 2 is 1.89 bits per heavy atom. The van der Waals surface area contributed by atoms with Crippen molar-refractivity contribution < 1.29 is 4.79 Å². The molecule has 0 atom stereocenters. The lowest BCUT2D eigenvalue weighted by molar-refractivity contribution is 0.0885.